The third-order valence-corrected chi connectivity index (χ3v) is 5.89. The van der Waals surface area contributed by atoms with E-state index in [9.17, 15) is 9.59 Å². The van der Waals surface area contributed by atoms with Crippen LogP contribution in [-0.4, -0.2) is 18.6 Å². The summed E-state index contributed by atoms with van der Waals surface area (Å²) in [6.07, 6.45) is 2.15. The molecule has 1 aliphatic carbocycles. The highest BCUT2D eigenvalue weighted by Crippen LogP contribution is 2.34. The van der Waals surface area contributed by atoms with Crippen molar-refractivity contribution in [2.24, 2.45) is 5.92 Å². The van der Waals surface area contributed by atoms with Crippen LogP contribution in [0.3, 0.4) is 0 Å². The van der Waals surface area contributed by atoms with E-state index in [1.54, 1.807) is 0 Å². The lowest BCUT2D eigenvalue weighted by Gasteiger charge is -2.24. The zero-order valence-corrected chi connectivity index (χ0v) is 18.3. The normalized spacial score (nSPS) is 14.1. The lowest BCUT2D eigenvalue weighted by Crippen LogP contribution is -2.32. The van der Waals surface area contributed by atoms with E-state index in [1.807, 2.05) is 77.7 Å². The number of nitrogens with zero attached hydrogens (tertiary/aromatic N) is 1. The lowest BCUT2D eigenvalue weighted by atomic mass is 10.1. The molecule has 6 nitrogen and oxygen atoms in total. The third-order valence-electron chi connectivity index (χ3n) is 5.89. The molecule has 2 amide bonds. The number of carbonyl (C=O) groups is 2. The SMILES string of the molecule is O=C(Cc1cccc(N(Cc2ccccc2)C(=O)C2CC2)c1)NCc1ccc2c(c1)OCO2. The average Bonchev–Trinajstić information content (AvgIpc) is 3.59. The molecule has 1 aliphatic heterocycles. The fourth-order valence-electron chi connectivity index (χ4n) is 3.95. The number of ether oxygens (including phenoxy) is 2. The predicted octanol–water partition coefficient (Wildman–Crippen LogP) is 4.22. The van der Waals surface area contributed by atoms with Crippen LogP contribution in [0.15, 0.2) is 72.8 Å². The lowest BCUT2D eigenvalue weighted by molar-refractivity contribution is -0.121. The molecule has 0 radical (unpaired) electrons. The van der Waals surface area contributed by atoms with Crippen LogP contribution in [-0.2, 0) is 29.1 Å². The highest BCUT2D eigenvalue weighted by molar-refractivity contribution is 5.96. The molecule has 6 heteroatoms. The van der Waals surface area contributed by atoms with Gasteiger partial charge in [0.1, 0.15) is 0 Å². The number of amides is 2. The third kappa shape index (κ3) is 5.17. The smallest absolute Gasteiger partial charge is 0.231 e. The van der Waals surface area contributed by atoms with E-state index in [0.29, 0.717) is 18.8 Å². The van der Waals surface area contributed by atoms with Crippen molar-refractivity contribution < 1.29 is 19.1 Å². The van der Waals surface area contributed by atoms with Crippen molar-refractivity contribution in [2.45, 2.75) is 32.4 Å². The number of benzene rings is 3. The van der Waals surface area contributed by atoms with E-state index >= 15 is 0 Å². The minimum Gasteiger partial charge on any atom is -0.454 e. The van der Waals surface area contributed by atoms with Gasteiger partial charge in [0.05, 0.1) is 13.0 Å². The van der Waals surface area contributed by atoms with Gasteiger partial charge in [-0.2, -0.15) is 0 Å². The van der Waals surface area contributed by atoms with Gasteiger partial charge in [0.25, 0.3) is 0 Å². The summed E-state index contributed by atoms with van der Waals surface area (Å²) in [6.45, 7) is 1.16. The van der Waals surface area contributed by atoms with Gasteiger partial charge in [-0.15, -0.1) is 0 Å². The van der Waals surface area contributed by atoms with Gasteiger partial charge >= 0.3 is 0 Å². The minimum atomic E-state index is -0.0760. The summed E-state index contributed by atoms with van der Waals surface area (Å²) < 4.78 is 10.7. The maximum absolute atomic E-state index is 13.0. The summed E-state index contributed by atoms with van der Waals surface area (Å²) in [5.41, 5.74) is 3.73. The first-order chi connectivity index (χ1) is 16.2. The van der Waals surface area contributed by atoms with Crippen molar-refractivity contribution in [3.8, 4) is 11.5 Å². The first-order valence-electron chi connectivity index (χ1n) is 11.3. The second-order valence-electron chi connectivity index (χ2n) is 8.50. The number of hydrogen-bond donors (Lipinski definition) is 1. The van der Waals surface area contributed by atoms with Crippen molar-refractivity contribution >= 4 is 17.5 Å². The van der Waals surface area contributed by atoms with Gasteiger partial charge in [-0.3, -0.25) is 9.59 Å². The largest absolute Gasteiger partial charge is 0.454 e. The Labute approximate surface area is 193 Å². The molecule has 5 rings (SSSR count). The first kappa shape index (κ1) is 21.1. The molecule has 1 heterocycles. The molecule has 0 bridgehead atoms. The van der Waals surface area contributed by atoms with Gasteiger partial charge in [0.2, 0.25) is 18.6 Å². The Hall–Kier alpha value is -3.80. The van der Waals surface area contributed by atoms with E-state index in [4.69, 9.17) is 9.47 Å². The van der Waals surface area contributed by atoms with Crippen LogP contribution in [0.1, 0.15) is 29.5 Å². The van der Waals surface area contributed by atoms with Crippen molar-refractivity contribution in [1.82, 2.24) is 5.32 Å². The molecule has 0 spiro atoms. The molecule has 0 saturated heterocycles. The van der Waals surface area contributed by atoms with E-state index < -0.39 is 0 Å². The summed E-state index contributed by atoms with van der Waals surface area (Å²) in [7, 11) is 0. The van der Waals surface area contributed by atoms with Gasteiger partial charge in [-0.05, 0) is 53.8 Å². The van der Waals surface area contributed by atoms with Gasteiger partial charge in [0, 0.05) is 18.2 Å². The molecular formula is C27H26N2O4. The van der Waals surface area contributed by atoms with Crippen LogP contribution in [0, 0.1) is 5.92 Å². The molecule has 1 fully saturated rings. The highest BCUT2D eigenvalue weighted by Gasteiger charge is 2.34. The zero-order chi connectivity index (χ0) is 22.6. The summed E-state index contributed by atoms with van der Waals surface area (Å²) in [5.74, 6) is 1.62. The molecule has 168 valence electrons. The number of hydrogen-bond acceptors (Lipinski definition) is 4. The second-order valence-corrected chi connectivity index (χ2v) is 8.50. The Kier molecular flexibility index (Phi) is 5.98. The molecule has 1 saturated carbocycles. The number of anilines is 1. The van der Waals surface area contributed by atoms with E-state index in [0.717, 1.165) is 41.0 Å². The van der Waals surface area contributed by atoms with Crippen molar-refractivity contribution in [3.05, 3.63) is 89.5 Å². The van der Waals surface area contributed by atoms with Gasteiger partial charge in [-0.25, -0.2) is 0 Å². The molecule has 0 unspecified atom stereocenters. The number of nitrogens with one attached hydrogen (secondary N) is 1. The Morgan fingerprint density at radius 2 is 1.64 bits per heavy atom. The molecule has 3 aromatic carbocycles. The van der Waals surface area contributed by atoms with Gasteiger partial charge in [0.15, 0.2) is 11.5 Å². The topological polar surface area (TPSA) is 67.9 Å². The van der Waals surface area contributed by atoms with Gasteiger partial charge in [-0.1, -0.05) is 48.5 Å². The fraction of sp³-hybridized carbons (Fsp3) is 0.259. The summed E-state index contributed by atoms with van der Waals surface area (Å²) in [6, 6.07) is 23.4. The standard InChI is InChI=1S/C27H26N2O4/c30-26(28-16-21-9-12-24-25(14-21)33-18-32-24)15-20-7-4-8-23(13-20)29(27(31)22-10-11-22)17-19-5-2-1-3-6-19/h1-9,12-14,22H,10-11,15-18H2,(H,28,30). The highest BCUT2D eigenvalue weighted by atomic mass is 16.7. The van der Waals surface area contributed by atoms with Crippen molar-refractivity contribution in [1.29, 1.82) is 0 Å². The van der Waals surface area contributed by atoms with Crippen LogP contribution >= 0.6 is 0 Å². The molecule has 3 aromatic rings. The van der Waals surface area contributed by atoms with Gasteiger partial charge < -0.3 is 19.7 Å². The zero-order valence-electron chi connectivity index (χ0n) is 18.3. The van der Waals surface area contributed by atoms with Crippen molar-refractivity contribution in [2.75, 3.05) is 11.7 Å². The summed E-state index contributed by atoms with van der Waals surface area (Å²) >= 11 is 0. The predicted molar refractivity (Wildman–Crippen MR) is 125 cm³/mol. The van der Waals surface area contributed by atoms with Crippen LogP contribution in [0.5, 0.6) is 11.5 Å². The molecule has 33 heavy (non-hydrogen) atoms. The molecule has 2 aliphatic rings. The van der Waals surface area contributed by atoms with E-state index in [1.165, 1.54) is 0 Å². The molecule has 0 atom stereocenters. The van der Waals surface area contributed by atoms with Crippen LogP contribution in [0.2, 0.25) is 0 Å². The fourth-order valence-corrected chi connectivity index (χ4v) is 3.95. The van der Waals surface area contributed by atoms with E-state index in [2.05, 4.69) is 5.32 Å². The molecule has 0 aromatic heterocycles. The molecular weight excluding hydrogens is 416 g/mol. The second kappa shape index (κ2) is 9.36. The number of fused-ring (bicyclic) bond motifs is 1. The minimum absolute atomic E-state index is 0.0760. The Bertz CT molecular complexity index is 1160. The Morgan fingerprint density at radius 1 is 0.848 bits per heavy atom. The van der Waals surface area contributed by atoms with Crippen molar-refractivity contribution in [3.63, 3.8) is 0 Å². The Morgan fingerprint density at radius 3 is 2.45 bits per heavy atom. The first-order valence-corrected chi connectivity index (χ1v) is 11.3. The van der Waals surface area contributed by atoms with E-state index in [-0.39, 0.29) is 30.9 Å². The van der Waals surface area contributed by atoms with Crippen LogP contribution in [0.4, 0.5) is 5.69 Å². The van der Waals surface area contributed by atoms with Crippen LogP contribution < -0.4 is 19.7 Å². The molecule has 1 N–H and O–H groups in total. The average molecular weight is 443 g/mol. The monoisotopic (exact) mass is 442 g/mol. The maximum Gasteiger partial charge on any atom is 0.231 e. The number of rotatable bonds is 8. The summed E-state index contributed by atoms with van der Waals surface area (Å²) in [4.78, 5) is 27.5. The van der Waals surface area contributed by atoms with Crippen LogP contribution in [0.25, 0.3) is 0 Å². The summed E-state index contributed by atoms with van der Waals surface area (Å²) in [5, 5.41) is 2.96. The number of carbonyl (C=O) groups excluding carboxylic acids is 2. The Balaban J connectivity index is 1.25. The quantitative estimate of drug-likeness (QED) is 0.567. The maximum atomic E-state index is 13.0.